The van der Waals surface area contributed by atoms with Gasteiger partial charge in [0.1, 0.15) is 29.2 Å². The van der Waals surface area contributed by atoms with Gasteiger partial charge in [0.2, 0.25) is 24.4 Å². The fourth-order valence-electron chi connectivity index (χ4n) is 8.29. The van der Waals surface area contributed by atoms with Crippen molar-refractivity contribution in [3.8, 4) is 28.7 Å². The van der Waals surface area contributed by atoms with Gasteiger partial charge in [-0.15, -0.1) is 0 Å². The van der Waals surface area contributed by atoms with Crippen LogP contribution < -0.4 is 29.0 Å². The molecule has 3 aromatic carbocycles. The van der Waals surface area contributed by atoms with Crippen LogP contribution in [0.1, 0.15) is 49.3 Å². The molecule has 2 fully saturated rings. The number of hydrogen-bond donors (Lipinski definition) is 2. The van der Waals surface area contributed by atoms with Crippen LogP contribution in [0.25, 0.3) is 0 Å². The second kappa shape index (κ2) is 12.2. The molecule has 258 valence electrons. The first-order chi connectivity index (χ1) is 23.6. The second-order valence-corrected chi connectivity index (χ2v) is 13.1. The Kier molecular flexibility index (Phi) is 8.09. The third-order valence-electron chi connectivity index (χ3n) is 10.4. The maximum atomic E-state index is 15.4. The Morgan fingerprint density at radius 1 is 0.980 bits per heavy atom. The van der Waals surface area contributed by atoms with Crippen molar-refractivity contribution < 1.29 is 47.9 Å². The van der Waals surface area contributed by atoms with E-state index in [0.29, 0.717) is 42.0 Å². The van der Waals surface area contributed by atoms with Crippen LogP contribution in [0.4, 0.5) is 0 Å². The number of ether oxygens (including phenoxy) is 6. The van der Waals surface area contributed by atoms with Crippen molar-refractivity contribution in [2.24, 2.45) is 17.8 Å². The van der Waals surface area contributed by atoms with Crippen LogP contribution in [0.15, 0.2) is 60.7 Å². The van der Waals surface area contributed by atoms with Gasteiger partial charge in [0.05, 0.1) is 32.8 Å². The highest BCUT2D eigenvalue weighted by Crippen LogP contribution is 2.72. The third-order valence-corrected chi connectivity index (χ3v) is 10.4. The minimum atomic E-state index is -2.28. The summed E-state index contributed by atoms with van der Waals surface area (Å²) >= 11 is 0. The van der Waals surface area contributed by atoms with Gasteiger partial charge in [-0.1, -0.05) is 56.3 Å². The summed E-state index contributed by atoms with van der Waals surface area (Å²) in [6, 6.07) is 17.9. The number of nitrogens with zero attached hydrogens (tertiary/aromatic N) is 1. The smallest absolute Gasteiger partial charge is 0.316 e. The van der Waals surface area contributed by atoms with Gasteiger partial charge in [-0.2, -0.15) is 0 Å². The van der Waals surface area contributed by atoms with Crippen LogP contribution in [0, 0.1) is 17.8 Å². The molecule has 4 aliphatic rings. The minimum Gasteiger partial charge on any atom is -0.497 e. The van der Waals surface area contributed by atoms with E-state index < -0.39 is 47.0 Å². The molecule has 6 atom stereocenters. The summed E-state index contributed by atoms with van der Waals surface area (Å²) < 4.78 is 35.5. The lowest BCUT2D eigenvalue weighted by Crippen LogP contribution is -2.56. The summed E-state index contributed by atoms with van der Waals surface area (Å²) in [7, 11) is 4.20. The van der Waals surface area contributed by atoms with Gasteiger partial charge in [0.15, 0.2) is 17.1 Å². The van der Waals surface area contributed by atoms with Crippen LogP contribution in [-0.4, -0.2) is 68.6 Å². The minimum absolute atomic E-state index is 0.0810. The third kappa shape index (κ3) is 4.71. The largest absolute Gasteiger partial charge is 0.497 e. The van der Waals surface area contributed by atoms with Crippen molar-refractivity contribution in [3.63, 3.8) is 0 Å². The molecule has 1 saturated heterocycles. The van der Waals surface area contributed by atoms with Gasteiger partial charge in [0, 0.05) is 24.4 Å². The van der Waals surface area contributed by atoms with E-state index in [-0.39, 0.29) is 41.4 Å². The average Bonchev–Trinajstić information content (AvgIpc) is 3.82. The molecule has 1 unspecified atom stereocenters. The van der Waals surface area contributed by atoms with E-state index in [1.54, 1.807) is 56.2 Å². The summed E-state index contributed by atoms with van der Waals surface area (Å²) in [5.41, 5.74) is -2.73. The number of carbonyl (C=O) groups is 3. The second-order valence-electron chi connectivity index (χ2n) is 13.1. The van der Waals surface area contributed by atoms with E-state index in [0.717, 1.165) is 0 Å². The standard InChI is InChI=1S/C37H40N2O10/c1-20(2)33(40)38-26-12-9-17-39(26)34(41)29-27(21-10-7-6-8-11-21)37(22-13-15-23(44-3)16-14-22)32(35(42)46-5)36(29,43)28-24(49-37)18-25-30(31(28)45-4)48-19-47-25/h6-8,10-11,13-16,18,20,26-27,29,32,43H,9,12,17,19H2,1-5H3,(H,38,40)/t26?,27-,29+,32-,36-,37-/m1/s1. The Morgan fingerprint density at radius 2 is 1.71 bits per heavy atom. The first kappa shape index (κ1) is 32.6. The summed E-state index contributed by atoms with van der Waals surface area (Å²) in [6.07, 6.45) is 0.551. The molecule has 0 spiro atoms. The number of nitrogens with one attached hydrogen (secondary N) is 1. The molecular weight excluding hydrogens is 632 g/mol. The van der Waals surface area contributed by atoms with E-state index in [2.05, 4.69) is 5.32 Å². The molecule has 0 radical (unpaired) electrons. The predicted molar refractivity (Wildman–Crippen MR) is 174 cm³/mol. The normalized spacial score (nSPS) is 27.7. The number of esters is 1. The van der Waals surface area contributed by atoms with Crippen molar-refractivity contribution in [1.29, 1.82) is 0 Å². The zero-order chi connectivity index (χ0) is 34.7. The lowest BCUT2D eigenvalue weighted by molar-refractivity contribution is -0.176. The molecule has 49 heavy (non-hydrogen) atoms. The number of amides is 2. The number of hydrogen-bond acceptors (Lipinski definition) is 10. The maximum absolute atomic E-state index is 15.4. The molecule has 12 nitrogen and oxygen atoms in total. The fourth-order valence-corrected chi connectivity index (χ4v) is 8.29. The highest BCUT2D eigenvalue weighted by Gasteiger charge is 2.79. The van der Waals surface area contributed by atoms with Crippen molar-refractivity contribution in [2.45, 2.75) is 50.0 Å². The fraction of sp³-hybridized carbons (Fsp3) is 0.432. The molecule has 3 aromatic rings. The first-order valence-corrected chi connectivity index (χ1v) is 16.4. The molecule has 12 heteroatoms. The summed E-state index contributed by atoms with van der Waals surface area (Å²) in [5, 5.41) is 16.7. The van der Waals surface area contributed by atoms with Crippen LogP contribution in [0.3, 0.4) is 0 Å². The molecule has 2 amide bonds. The van der Waals surface area contributed by atoms with E-state index in [9.17, 15) is 14.7 Å². The van der Waals surface area contributed by atoms with Gasteiger partial charge in [-0.3, -0.25) is 14.4 Å². The van der Waals surface area contributed by atoms with Crippen molar-refractivity contribution in [1.82, 2.24) is 10.2 Å². The predicted octanol–water partition coefficient (Wildman–Crippen LogP) is 3.83. The van der Waals surface area contributed by atoms with Crippen molar-refractivity contribution >= 4 is 17.8 Å². The van der Waals surface area contributed by atoms with Gasteiger partial charge in [-0.05, 0) is 36.1 Å². The zero-order valence-electron chi connectivity index (χ0n) is 28.1. The number of benzene rings is 3. The number of fused-ring (bicyclic) bond motifs is 5. The van der Waals surface area contributed by atoms with Crippen molar-refractivity contribution in [2.75, 3.05) is 34.7 Å². The molecule has 3 aliphatic heterocycles. The number of likely N-dealkylation sites (tertiary alicyclic amines) is 1. The quantitative estimate of drug-likeness (QED) is 0.339. The van der Waals surface area contributed by atoms with E-state index >= 15 is 4.79 Å². The number of methoxy groups -OCH3 is 3. The lowest BCUT2D eigenvalue weighted by atomic mass is 9.70. The number of carbonyl (C=O) groups excluding carboxylic acids is 3. The van der Waals surface area contributed by atoms with E-state index in [1.807, 2.05) is 30.3 Å². The molecule has 1 aliphatic carbocycles. The topological polar surface area (TPSA) is 142 Å². The van der Waals surface area contributed by atoms with Gasteiger partial charge < -0.3 is 43.7 Å². The molecule has 3 heterocycles. The molecular formula is C37H40N2O10. The Bertz CT molecular complexity index is 1780. The Morgan fingerprint density at radius 3 is 2.37 bits per heavy atom. The lowest BCUT2D eigenvalue weighted by Gasteiger charge is -2.46. The molecule has 2 bridgehead atoms. The average molecular weight is 673 g/mol. The van der Waals surface area contributed by atoms with E-state index in [4.69, 9.17) is 28.4 Å². The van der Waals surface area contributed by atoms with Gasteiger partial charge in [-0.25, -0.2) is 0 Å². The van der Waals surface area contributed by atoms with Crippen LogP contribution in [0.5, 0.6) is 28.7 Å². The molecule has 1 saturated carbocycles. The highest BCUT2D eigenvalue weighted by atomic mass is 16.7. The summed E-state index contributed by atoms with van der Waals surface area (Å²) in [5.74, 6) is -4.16. The highest BCUT2D eigenvalue weighted by molar-refractivity contribution is 5.90. The molecule has 7 rings (SSSR count). The van der Waals surface area contributed by atoms with Gasteiger partial charge >= 0.3 is 5.97 Å². The molecule has 2 N–H and O–H groups in total. The maximum Gasteiger partial charge on any atom is 0.316 e. The Hall–Kier alpha value is -4.97. The summed E-state index contributed by atoms with van der Waals surface area (Å²) in [4.78, 5) is 44.3. The number of aliphatic hydroxyl groups is 1. The van der Waals surface area contributed by atoms with Gasteiger partial charge in [0.25, 0.3) is 0 Å². The van der Waals surface area contributed by atoms with Crippen LogP contribution in [-0.2, 0) is 30.3 Å². The number of rotatable bonds is 8. The Labute approximate surface area is 284 Å². The van der Waals surface area contributed by atoms with Crippen LogP contribution >= 0.6 is 0 Å². The zero-order valence-corrected chi connectivity index (χ0v) is 28.1. The SMILES string of the molecule is COC(=O)[C@@H]1[C@@]2(O)c3c(cc4c(c3OC)OCO4)O[C@]1(c1ccc(OC)cc1)[C@H](c1ccccc1)[C@H]2C(=O)N1CCCC1NC(=O)C(C)C. The van der Waals surface area contributed by atoms with Crippen molar-refractivity contribution in [3.05, 3.63) is 77.4 Å². The van der Waals surface area contributed by atoms with Crippen LogP contribution in [0.2, 0.25) is 0 Å². The van der Waals surface area contributed by atoms with E-state index in [1.165, 1.54) is 14.2 Å². The molecule has 0 aromatic heterocycles. The first-order valence-electron chi connectivity index (χ1n) is 16.4. The Balaban J connectivity index is 1.55. The monoisotopic (exact) mass is 672 g/mol. The summed E-state index contributed by atoms with van der Waals surface area (Å²) in [6.45, 7) is 3.81.